The van der Waals surface area contributed by atoms with E-state index in [9.17, 15) is 0 Å². The van der Waals surface area contributed by atoms with Gasteiger partial charge in [-0.1, -0.05) is 25.7 Å². The van der Waals surface area contributed by atoms with Gasteiger partial charge in [0.15, 0.2) is 0 Å². The maximum absolute atomic E-state index is 3.65. The van der Waals surface area contributed by atoms with Crippen molar-refractivity contribution in [2.75, 3.05) is 0 Å². The van der Waals surface area contributed by atoms with Crippen LogP contribution in [-0.4, -0.2) is 12.1 Å². The zero-order valence-corrected chi connectivity index (χ0v) is 10.5. The van der Waals surface area contributed by atoms with Crippen molar-refractivity contribution in [2.24, 2.45) is 17.8 Å². The van der Waals surface area contributed by atoms with E-state index in [-0.39, 0.29) is 0 Å². The van der Waals surface area contributed by atoms with Gasteiger partial charge in [-0.05, 0) is 50.4 Å². The molecule has 0 radical (unpaired) electrons. The van der Waals surface area contributed by atoms with Crippen molar-refractivity contribution in [3.05, 3.63) is 0 Å². The molecule has 2 N–H and O–H groups in total. The normalized spacial score (nSPS) is 48.9. The number of hydrogen-bond acceptors (Lipinski definition) is 2. The molecule has 3 aliphatic rings. The lowest BCUT2D eigenvalue weighted by molar-refractivity contribution is 0.113. The Hall–Kier alpha value is -0.0800. The van der Waals surface area contributed by atoms with Gasteiger partial charge in [0, 0.05) is 12.1 Å². The molecule has 5 atom stereocenters. The second kappa shape index (κ2) is 4.66. The van der Waals surface area contributed by atoms with E-state index in [1.165, 1.54) is 51.4 Å². The summed E-state index contributed by atoms with van der Waals surface area (Å²) in [5.74, 6) is 2.91. The van der Waals surface area contributed by atoms with E-state index < -0.39 is 0 Å². The Balaban J connectivity index is 1.88. The molecule has 0 amide bonds. The molecule has 3 unspecified atom stereocenters. The average molecular weight is 222 g/mol. The highest BCUT2D eigenvalue weighted by Crippen LogP contribution is 2.44. The van der Waals surface area contributed by atoms with Crippen LogP contribution in [-0.2, 0) is 0 Å². The van der Waals surface area contributed by atoms with Crippen molar-refractivity contribution in [3.8, 4) is 0 Å². The van der Waals surface area contributed by atoms with Gasteiger partial charge in [0.1, 0.15) is 0 Å². The molecule has 2 saturated carbocycles. The van der Waals surface area contributed by atoms with Gasteiger partial charge in [0.25, 0.3) is 0 Å². The van der Waals surface area contributed by atoms with Crippen molar-refractivity contribution in [1.82, 2.24) is 10.9 Å². The highest BCUT2D eigenvalue weighted by Gasteiger charge is 2.41. The third-order valence-electron chi connectivity index (χ3n) is 5.38. The van der Waals surface area contributed by atoms with Crippen LogP contribution in [0.15, 0.2) is 0 Å². The van der Waals surface area contributed by atoms with Crippen LogP contribution in [0.4, 0.5) is 0 Å². The van der Waals surface area contributed by atoms with E-state index in [0.29, 0.717) is 6.04 Å². The van der Waals surface area contributed by atoms with E-state index >= 15 is 0 Å². The van der Waals surface area contributed by atoms with Crippen LogP contribution < -0.4 is 10.9 Å². The summed E-state index contributed by atoms with van der Waals surface area (Å²) < 4.78 is 0. The highest BCUT2D eigenvalue weighted by atomic mass is 15.4. The van der Waals surface area contributed by atoms with Crippen LogP contribution in [0.2, 0.25) is 0 Å². The molecular formula is C14H26N2. The number of hydrogen-bond donors (Lipinski definition) is 2. The fourth-order valence-corrected chi connectivity index (χ4v) is 4.54. The van der Waals surface area contributed by atoms with Gasteiger partial charge in [-0.15, -0.1) is 0 Å². The standard InChI is InChI=1S/C14H26N2/c1-10-11-6-4-5-9-14(16-15-10)13-8-3-2-7-12(11)13/h10-16H,2-9H2,1H3/t10?,11?,12?,13-,14+/m0/s1. The molecule has 0 aromatic rings. The third kappa shape index (κ3) is 1.91. The molecule has 1 heterocycles. The Morgan fingerprint density at radius 3 is 2.12 bits per heavy atom. The lowest BCUT2D eigenvalue weighted by atomic mass is 9.65. The molecule has 92 valence electrons. The summed E-state index contributed by atoms with van der Waals surface area (Å²) in [6.07, 6.45) is 11.7. The SMILES string of the molecule is CC1NN[C@@H]2CCCCC1C1CCCC[C@@H]12. The Labute approximate surface area is 99.5 Å². The van der Waals surface area contributed by atoms with Gasteiger partial charge in [0.2, 0.25) is 0 Å². The first-order chi connectivity index (χ1) is 7.86. The Morgan fingerprint density at radius 2 is 1.31 bits per heavy atom. The molecule has 2 bridgehead atoms. The zero-order valence-electron chi connectivity index (χ0n) is 10.5. The summed E-state index contributed by atoms with van der Waals surface area (Å²) in [6.45, 7) is 2.39. The minimum absolute atomic E-state index is 0.675. The van der Waals surface area contributed by atoms with E-state index in [0.717, 1.165) is 23.8 Å². The van der Waals surface area contributed by atoms with Gasteiger partial charge in [-0.2, -0.15) is 0 Å². The maximum atomic E-state index is 3.65. The fraction of sp³-hybridized carbons (Fsp3) is 1.00. The average Bonchev–Trinajstić information content (AvgIpc) is 2.35. The molecule has 0 aromatic heterocycles. The Morgan fingerprint density at radius 1 is 0.688 bits per heavy atom. The maximum Gasteiger partial charge on any atom is 0.0244 e. The first kappa shape index (κ1) is 11.0. The second-order valence-electron chi connectivity index (χ2n) is 6.24. The number of hydrazine groups is 1. The van der Waals surface area contributed by atoms with Crippen molar-refractivity contribution in [1.29, 1.82) is 0 Å². The molecular weight excluding hydrogens is 196 g/mol. The van der Waals surface area contributed by atoms with E-state index in [4.69, 9.17) is 0 Å². The summed E-state index contributed by atoms with van der Waals surface area (Å²) in [5, 5.41) is 0. The Bertz CT molecular complexity index is 239. The largest absolute Gasteiger partial charge is 0.254 e. The van der Waals surface area contributed by atoms with Crippen molar-refractivity contribution >= 4 is 0 Å². The minimum atomic E-state index is 0.675. The monoisotopic (exact) mass is 222 g/mol. The quantitative estimate of drug-likeness (QED) is 0.658. The van der Waals surface area contributed by atoms with E-state index in [1.807, 2.05) is 0 Å². The predicted octanol–water partition coefficient (Wildman–Crippen LogP) is 2.85. The van der Waals surface area contributed by atoms with Crippen molar-refractivity contribution < 1.29 is 0 Å². The predicted molar refractivity (Wildman–Crippen MR) is 66.9 cm³/mol. The molecule has 2 nitrogen and oxygen atoms in total. The summed E-state index contributed by atoms with van der Waals surface area (Å²) in [6, 6.07) is 1.44. The molecule has 0 spiro atoms. The third-order valence-corrected chi connectivity index (χ3v) is 5.38. The summed E-state index contributed by atoms with van der Waals surface area (Å²) in [7, 11) is 0. The van der Waals surface area contributed by atoms with Gasteiger partial charge in [0.05, 0.1) is 0 Å². The van der Waals surface area contributed by atoms with Gasteiger partial charge in [-0.3, -0.25) is 10.9 Å². The molecule has 3 rings (SSSR count). The minimum Gasteiger partial charge on any atom is -0.254 e. The molecule has 16 heavy (non-hydrogen) atoms. The second-order valence-corrected chi connectivity index (χ2v) is 6.24. The van der Waals surface area contributed by atoms with E-state index in [2.05, 4.69) is 17.8 Å². The molecule has 1 aliphatic heterocycles. The van der Waals surface area contributed by atoms with Crippen LogP contribution >= 0.6 is 0 Å². The summed E-state index contributed by atoms with van der Waals surface area (Å²) >= 11 is 0. The van der Waals surface area contributed by atoms with Crippen LogP contribution in [0, 0.1) is 17.8 Å². The highest BCUT2D eigenvalue weighted by molar-refractivity contribution is 4.94. The molecule has 2 aliphatic carbocycles. The van der Waals surface area contributed by atoms with Crippen LogP contribution in [0.3, 0.4) is 0 Å². The topological polar surface area (TPSA) is 24.1 Å². The Kier molecular flexibility index (Phi) is 3.21. The fourth-order valence-electron chi connectivity index (χ4n) is 4.54. The number of nitrogens with one attached hydrogen (secondary N) is 2. The van der Waals surface area contributed by atoms with Crippen LogP contribution in [0.1, 0.15) is 58.3 Å². The molecule has 2 heteroatoms. The van der Waals surface area contributed by atoms with Gasteiger partial charge < -0.3 is 0 Å². The van der Waals surface area contributed by atoms with E-state index in [1.54, 1.807) is 0 Å². The smallest absolute Gasteiger partial charge is 0.0244 e. The first-order valence-corrected chi connectivity index (χ1v) is 7.37. The summed E-state index contributed by atoms with van der Waals surface area (Å²) in [5.41, 5.74) is 7.24. The molecule has 3 fully saturated rings. The molecule has 0 aromatic carbocycles. The first-order valence-electron chi connectivity index (χ1n) is 7.37. The lowest BCUT2D eigenvalue weighted by Crippen LogP contribution is -2.46. The van der Waals surface area contributed by atoms with Gasteiger partial charge >= 0.3 is 0 Å². The summed E-state index contributed by atoms with van der Waals surface area (Å²) in [4.78, 5) is 0. The van der Waals surface area contributed by atoms with Gasteiger partial charge in [-0.25, -0.2) is 0 Å². The zero-order chi connectivity index (χ0) is 11.0. The van der Waals surface area contributed by atoms with Crippen molar-refractivity contribution in [2.45, 2.75) is 70.4 Å². The van der Waals surface area contributed by atoms with Crippen LogP contribution in [0.25, 0.3) is 0 Å². The lowest BCUT2D eigenvalue weighted by Gasteiger charge is -2.41. The van der Waals surface area contributed by atoms with Crippen LogP contribution in [0.5, 0.6) is 0 Å². The molecule has 1 saturated heterocycles. The van der Waals surface area contributed by atoms with Crippen molar-refractivity contribution in [3.63, 3.8) is 0 Å². The number of rotatable bonds is 0.